The van der Waals surface area contributed by atoms with E-state index < -0.39 is 23.5 Å². The van der Waals surface area contributed by atoms with E-state index in [4.69, 9.17) is 4.74 Å². The van der Waals surface area contributed by atoms with Crippen molar-refractivity contribution in [2.45, 2.75) is 19.9 Å². The first-order valence-corrected chi connectivity index (χ1v) is 9.03. The Kier molecular flexibility index (Phi) is 5.49. The van der Waals surface area contributed by atoms with E-state index in [1.54, 1.807) is 30.3 Å². The van der Waals surface area contributed by atoms with Crippen molar-refractivity contribution >= 4 is 17.4 Å². The number of carbonyl (C=O) groups excluding carboxylic acids is 2. The molecule has 2 aromatic rings. The van der Waals surface area contributed by atoms with Crippen LogP contribution in [0.4, 0.5) is 4.39 Å². The number of rotatable bonds is 5. The van der Waals surface area contributed by atoms with Crippen LogP contribution in [0.3, 0.4) is 0 Å². The van der Waals surface area contributed by atoms with Gasteiger partial charge in [0.2, 0.25) is 0 Å². The smallest absolute Gasteiger partial charge is 0.295 e. The van der Waals surface area contributed by atoms with E-state index in [1.807, 2.05) is 13.8 Å². The molecule has 28 heavy (non-hydrogen) atoms. The molecule has 6 heteroatoms. The number of nitrogens with zero attached hydrogens (tertiary/aromatic N) is 1. The fourth-order valence-corrected chi connectivity index (χ4v) is 3.14. The van der Waals surface area contributed by atoms with Crippen LogP contribution in [0.5, 0.6) is 5.75 Å². The van der Waals surface area contributed by atoms with E-state index in [0.29, 0.717) is 23.8 Å². The van der Waals surface area contributed by atoms with Crippen molar-refractivity contribution in [1.29, 1.82) is 0 Å². The molecule has 0 saturated carbocycles. The second-order valence-electron chi connectivity index (χ2n) is 7.16. The van der Waals surface area contributed by atoms with Crippen LogP contribution < -0.4 is 4.74 Å². The van der Waals surface area contributed by atoms with Gasteiger partial charge < -0.3 is 14.7 Å². The molecule has 0 unspecified atom stereocenters. The Morgan fingerprint density at radius 1 is 1.14 bits per heavy atom. The fraction of sp³-hybridized carbons (Fsp3) is 0.273. The molecular formula is C22H22FNO4. The zero-order chi connectivity index (χ0) is 20.4. The molecule has 1 saturated heterocycles. The van der Waals surface area contributed by atoms with Crippen molar-refractivity contribution in [3.63, 3.8) is 0 Å². The van der Waals surface area contributed by atoms with Crippen LogP contribution in [-0.4, -0.2) is 35.4 Å². The number of Topliss-reactive ketones (excluding diaryl/α,β-unsaturated/α-hetero) is 1. The molecule has 1 amide bonds. The molecule has 0 bridgehead atoms. The van der Waals surface area contributed by atoms with E-state index in [-0.39, 0.29) is 16.9 Å². The first-order valence-electron chi connectivity index (χ1n) is 9.03. The summed E-state index contributed by atoms with van der Waals surface area (Å²) in [7, 11) is 1.42. The third-order valence-electron chi connectivity index (χ3n) is 4.59. The fourth-order valence-electron chi connectivity index (χ4n) is 3.14. The number of ether oxygens (including phenoxy) is 1. The zero-order valence-corrected chi connectivity index (χ0v) is 16.0. The molecule has 2 aromatic carbocycles. The Labute approximate surface area is 163 Å². The third kappa shape index (κ3) is 3.63. The number of likely N-dealkylation sites (N-methyl/N-ethyl adjacent to an activating group) is 1. The van der Waals surface area contributed by atoms with Crippen LogP contribution in [0.15, 0.2) is 54.1 Å². The molecule has 0 aromatic heterocycles. The number of halogens is 1. The molecule has 1 heterocycles. The minimum absolute atomic E-state index is 0.131. The Hall–Kier alpha value is -3.15. The molecule has 146 valence electrons. The zero-order valence-electron chi connectivity index (χ0n) is 16.0. The molecule has 1 aliphatic rings. The minimum atomic E-state index is -0.988. The SMILES string of the molecule is CC(C)COc1ccc(C(O)=C2C(=O)C(=O)N(C)[C@@H]2c2ccccc2F)cc1. The third-order valence-corrected chi connectivity index (χ3v) is 4.59. The van der Waals surface area contributed by atoms with Crippen molar-refractivity contribution in [2.24, 2.45) is 5.92 Å². The maximum absolute atomic E-state index is 14.3. The monoisotopic (exact) mass is 383 g/mol. The van der Waals surface area contributed by atoms with Crippen LogP contribution in [0, 0.1) is 11.7 Å². The van der Waals surface area contributed by atoms with Gasteiger partial charge in [0.1, 0.15) is 17.3 Å². The summed E-state index contributed by atoms with van der Waals surface area (Å²) in [6.07, 6.45) is 0. The average molecular weight is 383 g/mol. The molecular weight excluding hydrogens is 361 g/mol. The van der Waals surface area contributed by atoms with Crippen LogP contribution in [0.25, 0.3) is 5.76 Å². The minimum Gasteiger partial charge on any atom is -0.507 e. The Morgan fingerprint density at radius 2 is 1.79 bits per heavy atom. The Balaban J connectivity index is 2.02. The lowest BCUT2D eigenvalue weighted by Crippen LogP contribution is -2.25. The lowest BCUT2D eigenvalue weighted by Gasteiger charge is -2.21. The second kappa shape index (κ2) is 7.84. The summed E-state index contributed by atoms with van der Waals surface area (Å²) in [5.74, 6) is -1.52. The van der Waals surface area contributed by atoms with Gasteiger partial charge in [-0.25, -0.2) is 4.39 Å². The number of ketones is 1. The first kappa shape index (κ1) is 19.6. The molecule has 1 N–H and O–H groups in total. The van der Waals surface area contributed by atoms with Crippen LogP contribution in [0.1, 0.15) is 31.0 Å². The number of amides is 1. The highest BCUT2D eigenvalue weighted by atomic mass is 19.1. The van der Waals surface area contributed by atoms with Gasteiger partial charge in [0.15, 0.2) is 0 Å². The number of hydrogen-bond acceptors (Lipinski definition) is 4. The molecule has 0 spiro atoms. The molecule has 3 rings (SSSR count). The number of carbonyl (C=O) groups is 2. The van der Waals surface area contributed by atoms with E-state index >= 15 is 0 Å². The highest BCUT2D eigenvalue weighted by Crippen LogP contribution is 2.39. The summed E-state index contributed by atoms with van der Waals surface area (Å²) in [5, 5.41) is 10.8. The van der Waals surface area contributed by atoms with Crippen molar-refractivity contribution in [2.75, 3.05) is 13.7 Å². The lowest BCUT2D eigenvalue weighted by atomic mass is 9.95. The van der Waals surface area contributed by atoms with Crippen molar-refractivity contribution in [3.8, 4) is 5.75 Å². The molecule has 1 atom stereocenters. The van der Waals surface area contributed by atoms with Gasteiger partial charge >= 0.3 is 0 Å². The largest absolute Gasteiger partial charge is 0.507 e. The van der Waals surface area contributed by atoms with Gasteiger partial charge in [-0.1, -0.05) is 32.0 Å². The van der Waals surface area contributed by atoms with Gasteiger partial charge in [0.25, 0.3) is 11.7 Å². The van der Waals surface area contributed by atoms with Crippen molar-refractivity contribution in [3.05, 3.63) is 71.0 Å². The van der Waals surface area contributed by atoms with Crippen LogP contribution >= 0.6 is 0 Å². The highest BCUT2D eigenvalue weighted by Gasteiger charge is 2.45. The topological polar surface area (TPSA) is 66.8 Å². The normalized spacial score (nSPS) is 18.8. The number of aliphatic hydroxyl groups is 1. The van der Waals surface area contributed by atoms with E-state index in [0.717, 1.165) is 4.90 Å². The predicted molar refractivity (Wildman–Crippen MR) is 103 cm³/mol. The number of aliphatic hydroxyl groups excluding tert-OH is 1. The molecule has 1 aliphatic heterocycles. The summed E-state index contributed by atoms with van der Waals surface area (Å²) in [5.41, 5.74) is 0.376. The summed E-state index contributed by atoms with van der Waals surface area (Å²) in [6, 6.07) is 11.5. The summed E-state index contributed by atoms with van der Waals surface area (Å²) >= 11 is 0. The Bertz CT molecular complexity index is 934. The predicted octanol–water partition coefficient (Wildman–Crippen LogP) is 3.91. The molecule has 0 radical (unpaired) electrons. The lowest BCUT2D eigenvalue weighted by molar-refractivity contribution is -0.139. The van der Waals surface area contributed by atoms with Gasteiger partial charge in [-0.15, -0.1) is 0 Å². The second-order valence-corrected chi connectivity index (χ2v) is 7.16. The van der Waals surface area contributed by atoms with Gasteiger partial charge in [0, 0.05) is 18.2 Å². The average Bonchev–Trinajstić information content (AvgIpc) is 2.90. The Morgan fingerprint density at radius 3 is 2.39 bits per heavy atom. The summed E-state index contributed by atoms with van der Waals surface area (Å²) < 4.78 is 20.0. The van der Waals surface area contributed by atoms with E-state index in [2.05, 4.69) is 0 Å². The van der Waals surface area contributed by atoms with E-state index in [9.17, 15) is 19.1 Å². The first-order chi connectivity index (χ1) is 13.3. The summed E-state index contributed by atoms with van der Waals surface area (Å²) in [4.78, 5) is 25.9. The van der Waals surface area contributed by atoms with Gasteiger partial charge in [-0.3, -0.25) is 9.59 Å². The van der Waals surface area contributed by atoms with E-state index in [1.165, 1.54) is 25.2 Å². The van der Waals surface area contributed by atoms with Crippen molar-refractivity contribution in [1.82, 2.24) is 4.90 Å². The number of hydrogen-bond donors (Lipinski definition) is 1. The van der Waals surface area contributed by atoms with Gasteiger partial charge in [-0.2, -0.15) is 0 Å². The molecule has 1 fully saturated rings. The number of likely N-dealkylation sites (tertiary alicyclic amines) is 1. The maximum atomic E-state index is 14.3. The number of benzene rings is 2. The molecule has 0 aliphatic carbocycles. The van der Waals surface area contributed by atoms with Gasteiger partial charge in [0.05, 0.1) is 18.2 Å². The van der Waals surface area contributed by atoms with Crippen LogP contribution in [-0.2, 0) is 9.59 Å². The summed E-state index contributed by atoms with van der Waals surface area (Å²) in [6.45, 7) is 4.62. The van der Waals surface area contributed by atoms with Gasteiger partial charge in [-0.05, 0) is 36.2 Å². The van der Waals surface area contributed by atoms with Crippen LogP contribution in [0.2, 0.25) is 0 Å². The highest BCUT2D eigenvalue weighted by molar-refractivity contribution is 6.46. The molecule has 5 nitrogen and oxygen atoms in total. The quantitative estimate of drug-likeness (QED) is 0.483. The maximum Gasteiger partial charge on any atom is 0.295 e. The van der Waals surface area contributed by atoms with Crippen molar-refractivity contribution < 1.29 is 23.8 Å². The standard InChI is InChI=1S/C22H22FNO4/c1-13(2)12-28-15-10-8-14(9-11-15)20(25)18-19(24(3)22(27)21(18)26)16-6-4-5-7-17(16)23/h4-11,13,19,25H,12H2,1-3H3/t19-/m1/s1.